The summed E-state index contributed by atoms with van der Waals surface area (Å²) in [7, 11) is 0. The zero-order valence-electron chi connectivity index (χ0n) is 24.6. The number of nitrogens with zero attached hydrogens (tertiary/aromatic N) is 3. The molecular weight excluding hydrogens is 537 g/mol. The highest BCUT2D eigenvalue weighted by atomic mass is 19.4. The van der Waals surface area contributed by atoms with Gasteiger partial charge in [0.1, 0.15) is 12.4 Å². The zero-order valence-corrected chi connectivity index (χ0v) is 24.6. The van der Waals surface area contributed by atoms with Crippen molar-refractivity contribution in [1.82, 2.24) is 14.8 Å². The third kappa shape index (κ3) is 5.96. The van der Waals surface area contributed by atoms with Gasteiger partial charge in [0.15, 0.2) is 0 Å². The van der Waals surface area contributed by atoms with E-state index < -0.39 is 11.7 Å². The molecule has 4 aromatic rings. The van der Waals surface area contributed by atoms with Crippen LogP contribution >= 0.6 is 0 Å². The van der Waals surface area contributed by atoms with Gasteiger partial charge in [-0.1, -0.05) is 35.9 Å². The number of piperazine rings is 1. The van der Waals surface area contributed by atoms with E-state index in [2.05, 4.69) is 53.0 Å². The van der Waals surface area contributed by atoms with Gasteiger partial charge in [0, 0.05) is 66.8 Å². The Hall–Kier alpha value is -3.62. The molecule has 8 heteroatoms. The molecule has 0 saturated carbocycles. The van der Waals surface area contributed by atoms with Crippen molar-refractivity contribution < 1.29 is 17.9 Å². The summed E-state index contributed by atoms with van der Waals surface area (Å²) in [5, 5.41) is 4.04. The van der Waals surface area contributed by atoms with Gasteiger partial charge in [-0.15, -0.1) is 0 Å². The summed E-state index contributed by atoms with van der Waals surface area (Å²) < 4.78 is 47.4. The average molecular weight is 575 g/mol. The Kier molecular flexibility index (Phi) is 7.62. The Morgan fingerprint density at radius 2 is 1.62 bits per heavy atom. The van der Waals surface area contributed by atoms with Crippen LogP contribution in [-0.2, 0) is 12.7 Å². The highest BCUT2D eigenvalue weighted by molar-refractivity contribution is 5.93. The van der Waals surface area contributed by atoms with Gasteiger partial charge in [0.05, 0.1) is 11.1 Å². The SMILES string of the molecule is Cc1cc(C)c(CN2CC3CC2CN3CCOc2cc(Nc3cc(C)nc4ccccc34)cc(C(F)(F)F)c2)c(C)c1. The minimum atomic E-state index is -4.49. The minimum absolute atomic E-state index is 0.207. The molecule has 2 bridgehead atoms. The lowest BCUT2D eigenvalue weighted by Gasteiger charge is -2.34. The van der Waals surface area contributed by atoms with Crippen molar-refractivity contribution in [2.24, 2.45) is 0 Å². The molecule has 2 unspecified atom stereocenters. The van der Waals surface area contributed by atoms with Crippen molar-refractivity contribution in [3.05, 3.63) is 94.2 Å². The van der Waals surface area contributed by atoms with Crippen LogP contribution in [0, 0.1) is 27.7 Å². The second kappa shape index (κ2) is 11.2. The van der Waals surface area contributed by atoms with Crippen molar-refractivity contribution >= 4 is 22.3 Å². The predicted octanol–water partition coefficient (Wildman–Crippen LogP) is 7.57. The van der Waals surface area contributed by atoms with Gasteiger partial charge in [0.25, 0.3) is 0 Å². The second-order valence-corrected chi connectivity index (χ2v) is 11.9. The molecule has 1 aromatic heterocycles. The van der Waals surface area contributed by atoms with Crippen molar-refractivity contribution in [2.45, 2.75) is 58.9 Å². The maximum atomic E-state index is 13.8. The Labute approximate surface area is 245 Å². The van der Waals surface area contributed by atoms with Crippen LogP contribution in [0.3, 0.4) is 0 Å². The van der Waals surface area contributed by atoms with Gasteiger partial charge in [-0.2, -0.15) is 13.2 Å². The number of alkyl halides is 3. The molecule has 5 nitrogen and oxygen atoms in total. The molecule has 42 heavy (non-hydrogen) atoms. The van der Waals surface area contributed by atoms with E-state index in [9.17, 15) is 13.2 Å². The summed E-state index contributed by atoms with van der Waals surface area (Å²) in [5.41, 5.74) is 7.28. The number of likely N-dealkylation sites (tertiary alicyclic amines) is 2. The van der Waals surface area contributed by atoms with Crippen LogP contribution < -0.4 is 10.1 Å². The van der Waals surface area contributed by atoms with Crippen LogP contribution in [0.2, 0.25) is 0 Å². The molecule has 6 rings (SSSR count). The van der Waals surface area contributed by atoms with Gasteiger partial charge in [-0.05, 0) is 75.1 Å². The third-order valence-electron chi connectivity index (χ3n) is 8.67. The predicted molar refractivity (Wildman–Crippen MR) is 162 cm³/mol. The molecule has 220 valence electrons. The molecule has 0 radical (unpaired) electrons. The fourth-order valence-electron chi connectivity index (χ4n) is 6.73. The van der Waals surface area contributed by atoms with Gasteiger partial charge < -0.3 is 10.1 Å². The molecule has 2 saturated heterocycles. The first-order valence-corrected chi connectivity index (χ1v) is 14.6. The van der Waals surface area contributed by atoms with Crippen molar-refractivity contribution in [3.63, 3.8) is 0 Å². The zero-order chi connectivity index (χ0) is 29.6. The van der Waals surface area contributed by atoms with E-state index in [-0.39, 0.29) is 5.75 Å². The number of ether oxygens (including phenoxy) is 1. The lowest BCUT2D eigenvalue weighted by molar-refractivity contribution is -0.137. The molecule has 2 fully saturated rings. The number of hydrogen-bond donors (Lipinski definition) is 1. The van der Waals surface area contributed by atoms with Crippen LogP contribution in [0.25, 0.3) is 10.9 Å². The molecular formula is C34H37F3N4O. The van der Waals surface area contributed by atoms with Gasteiger partial charge >= 0.3 is 6.18 Å². The van der Waals surface area contributed by atoms with E-state index in [1.165, 1.54) is 22.3 Å². The number of benzene rings is 3. The number of fused-ring (bicyclic) bond motifs is 3. The quantitative estimate of drug-likeness (QED) is 0.235. The van der Waals surface area contributed by atoms with E-state index in [0.29, 0.717) is 36.6 Å². The maximum Gasteiger partial charge on any atom is 0.416 e. The third-order valence-corrected chi connectivity index (χ3v) is 8.67. The van der Waals surface area contributed by atoms with E-state index in [1.54, 1.807) is 6.07 Å². The number of nitrogens with one attached hydrogen (secondary N) is 1. The first kappa shape index (κ1) is 28.5. The van der Waals surface area contributed by atoms with Crippen LogP contribution in [0.15, 0.2) is 60.7 Å². The normalized spacial score (nSPS) is 19.1. The summed E-state index contributed by atoms with van der Waals surface area (Å²) in [5.74, 6) is 0.207. The summed E-state index contributed by atoms with van der Waals surface area (Å²) in [4.78, 5) is 9.54. The lowest BCUT2D eigenvalue weighted by atomic mass is 9.99. The summed E-state index contributed by atoms with van der Waals surface area (Å²) in [6.07, 6.45) is -3.36. The topological polar surface area (TPSA) is 40.6 Å². The number of para-hydroxylation sites is 1. The van der Waals surface area contributed by atoms with E-state index >= 15 is 0 Å². The average Bonchev–Trinajstić information content (AvgIpc) is 3.50. The number of hydrogen-bond acceptors (Lipinski definition) is 5. The lowest BCUT2D eigenvalue weighted by Crippen LogP contribution is -2.47. The van der Waals surface area contributed by atoms with Crippen molar-refractivity contribution in [1.29, 1.82) is 0 Å². The molecule has 0 amide bonds. The van der Waals surface area contributed by atoms with Crippen LogP contribution in [0.4, 0.5) is 24.5 Å². The minimum Gasteiger partial charge on any atom is -0.492 e. The number of anilines is 2. The number of rotatable bonds is 8. The Balaban J connectivity index is 1.11. The monoisotopic (exact) mass is 574 g/mol. The summed E-state index contributed by atoms with van der Waals surface area (Å²) >= 11 is 0. The van der Waals surface area contributed by atoms with Crippen LogP contribution in [0.5, 0.6) is 5.75 Å². The van der Waals surface area contributed by atoms with Gasteiger partial charge in [-0.3, -0.25) is 14.8 Å². The van der Waals surface area contributed by atoms with Crippen molar-refractivity contribution in [2.75, 3.05) is 31.6 Å². The molecule has 3 heterocycles. The Morgan fingerprint density at radius 1 is 0.905 bits per heavy atom. The van der Waals surface area contributed by atoms with Crippen LogP contribution in [-0.4, -0.2) is 53.1 Å². The van der Waals surface area contributed by atoms with E-state index in [0.717, 1.165) is 54.8 Å². The summed E-state index contributed by atoms with van der Waals surface area (Å²) in [6, 6.07) is 18.7. The first-order chi connectivity index (χ1) is 20.0. The van der Waals surface area contributed by atoms with Crippen LogP contribution in [0.1, 0.15) is 39.9 Å². The second-order valence-electron chi connectivity index (χ2n) is 11.9. The standard InChI is InChI=1S/C34H37F3N4O/c1-21-11-22(2)31(23(3)12-21)20-41-19-27-17-28(41)18-40(27)9-10-42-29-15-25(34(35,36)37)14-26(16-29)39-33-13-24(4)38-32-8-6-5-7-30(32)33/h5-8,11-16,27-28H,9-10,17-20H2,1-4H3,(H,38,39). The molecule has 1 N–H and O–H groups in total. The molecule has 2 aliphatic rings. The fourth-order valence-corrected chi connectivity index (χ4v) is 6.73. The molecule has 2 atom stereocenters. The molecule has 3 aromatic carbocycles. The summed E-state index contributed by atoms with van der Waals surface area (Å²) in [6.45, 7) is 12.4. The first-order valence-electron chi connectivity index (χ1n) is 14.6. The molecule has 0 spiro atoms. The Bertz CT molecular complexity index is 1600. The number of aryl methyl sites for hydroxylation is 4. The highest BCUT2D eigenvalue weighted by Gasteiger charge is 2.43. The van der Waals surface area contributed by atoms with Crippen molar-refractivity contribution in [3.8, 4) is 5.75 Å². The largest absolute Gasteiger partial charge is 0.492 e. The highest BCUT2D eigenvalue weighted by Crippen LogP contribution is 2.37. The number of halogens is 3. The van der Waals surface area contributed by atoms with E-state index in [4.69, 9.17) is 4.74 Å². The number of pyridine rings is 1. The van der Waals surface area contributed by atoms with Gasteiger partial charge in [-0.25, -0.2) is 0 Å². The Morgan fingerprint density at radius 3 is 2.33 bits per heavy atom. The smallest absolute Gasteiger partial charge is 0.416 e. The fraction of sp³-hybridized carbons (Fsp3) is 0.382. The van der Waals surface area contributed by atoms with E-state index in [1.807, 2.05) is 37.3 Å². The molecule has 2 aliphatic heterocycles. The number of aromatic nitrogens is 1. The molecule has 0 aliphatic carbocycles. The maximum absolute atomic E-state index is 13.8. The van der Waals surface area contributed by atoms with Gasteiger partial charge in [0.2, 0.25) is 0 Å².